The number of rotatable bonds is 4. The maximum Gasteiger partial charge on any atom is 0.193 e. The highest BCUT2D eigenvalue weighted by molar-refractivity contribution is 14.0. The van der Waals surface area contributed by atoms with Gasteiger partial charge in [0, 0.05) is 31.4 Å². The molecule has 0 bridgehead atoms. The summed E-state index contributed by atoms with van der Waals surface area (Å²) in [4.78, 5) is 9.75. The van der Waals surface area contributed by atoms with Crippen molar-refractivity contribution in [3.8, 4) is 0 Å². The van der Waals surface area contributed by atoms with Crippen LogP contribution in [0.15, 0.2) is 39.6 Å². The van der Waals surface area contributed by atoms with Crippen molar-refractivity contribution in [3.63, 3.8) is 0 Å². The average Bonchev–Trinajstić information content (AvgIpc) is 3.15. The van der Waals surface area contributed by atoms with Crippen molar-refractivity contribution in [1.29, 1.82) is 0 Å². The number of nitrogens with zero attached hydrogens (tertiary/aromatic N) is 3. The number of thiophene rings is 1. The molecule has 0 fully saturated rings. The summed E-state index contributed by atoms with van der Waals surface area (Å²) in [5.41, 5.74) is 2.27. The molecule has 0 radical (unpaired) electrons. The molecule has 0 saturated heterocycles. The van der Waals surface area contributed by atoms with Gasteiger partial charge < -0.3 is 10.6 Å². The van der Waals surface area contributed by atoms with Gasteiger partial charge in [0.25, 0.3) is 0 Å². The number of aromatic nitrogens is 2. The molecular formula is C13H16IN5S2. The molecule has 0 spiro atoms. The molecule has 3 aromatic rings. The Kier molecular flexibility index (Phi) is 6.00. The van der Waals surface area contributed by atoms with Crippen LogP contribution in [0, 0.1) is 0 Å². The van der Waals surface area contributed by atoms with E-state index in [2.05, 4.69) is 37.4 Å². The fraction of sp³-hybridized carbons (Fsp3) is 0.231. The minimum atomic E-state index is 0. The van der Waals surface area contributed by atoms with Gasteiger partial charge in [0.1, 0.15) is 0 Å². The molecule has 0 aliphatic rings. The molecule has 3 aromatic heterocycles. The normalized spacial score (nSPS) is 11.4. The lowest BCUT2D eigenvalue weighted by Crippen LogP contribution is -2.36. The number of halogens is 1. The van der Waals surface area contributed by atoms with Gasteiger partial charge in [-0.1, -0.05) is 0 Å². The lowest BCUT2D eigenvalue weighted by Gasteiger charge is -2.09. The Morgan fingerprint density at radius 2 is 2.19 bits per heavy atom. The second-order valence-corrected chi connectivity index (χ2v) is 5.89. The van der Waals surface area contributed by atoms with Crippen LogP contribution in [0.3, 0.4) is 0 Å². The Hall–Kier alpha value is -1.13. The van der Waals surface area contributed by atoms with Crippen molar-refractivity contribution in [2.45, 2.75) is 13.1 Å². The molecule has 3 heterocycles. The number of guanidine groups is 1. The van der Waals surface area contributed by atoms with Crippen LogP contribution >= 0.6 is 46.7 Å². The van der Waals surface area contributed by atoms with E-state index in [4.69, 9.17) is 0 Å². The third-order valence-electron chi connectivity index (χ3n) is 2.84. The van der Waals surface area contributed by atoms with E-state index in [9.17, 15) is 0 Å². The van der Waals surface area contributed by atoms with E-state index in [1.165, 1.54) is 5.56 Å². The zero-order valence-corrected chi connectivity index (χ0v) is 15.4. The van der Waals surface area contributed by atoms with E-state index in [1.54, 1.807) is 29.7 Å². The number of fused-ring (bicyclic) bond motifs is 1. The lowest BCUT2D eigenvalue weighted by atomic mass is 10.3. The molecule has 0 unspecified atom stereocenters. The van der Waals surface area contributed by atoms with Crippen LogP contribution < -0.4 is 10.6 Å². The average molecular weight is 433 g/mol. The number of hydrogen-bond donors (Lipinski definition) is 2. The van der Waals surface area contributed by atoms with Crippen LogP contribution in [0.1, 0.15) is 11.3 Å². The molecular weight excluding hydrogens is 417 g/mol. The summed E-state index contributed by atoms with van der Waals surface area (Å²) in [6.45, 7) is 1.44. The Bertz CT molecular complexity index is 673. The Labute approximate surface area is 148 Å². The monoisotopic (exact) mass is 433 g/mol. The Balaban J connectivity index is 0.00000161. The van der Waals surface area contributed by atoms with Gasteiger partial charge in [-0.05, 0) is 22.4 Å². The van der Waals surface area contributed by atoms with Crippen molar-refractivity contribution in [2.24, 2.45) is 4.99 Å². The number of thiazole rings is 1. The highest BCUT2D eigenvalue weighted by Gasteiger charge is 2.04. The molecule has 0 amide bonds. The van der Waals surface area contributed by atoms with E-state index < -0.39 is 0 Å². The van der Waals surface area contributed by atoms with Crippen molar-refractivity contribution in [3.05, 3.63) is 45.9 Å². The van der Waals surface area contributed by atoms with Gasteiger partial charge in [-0.2, -0.15) is 11.3 Å². The molecule has 2 N–H and O–H groups in total. The predicted molar refractivity (Wildman–Crippen MR) is 99.8 cm³/mol. The van der Waals surface area contributed by atoms with Gasteiger partial charge in [0.2, 0.25) is 0 Å². The fourth-order valence-electron chi connectivity index (χ4n) is 1.84. The zero-order chi connectivity index (χ0) is 13.8. The largest absolute Gasteiger partial charge is 0.352 e. The second kappa shape index (κ2) is 7.76. The van der Waals surface area contributed by atoms with E-state index in [0.29, 0.717) is 6.54 Å². The molecule has 8 heteroatoms. The summed E-state index contributed by atoms with van der Waals surface area (Å²) >= 11 is 3.34. The highest BCUT2D eigenvalue weighted by atomic mass is 127. The minimum Gasteiger partial charge on any atom is -0.352 e. The van der Waals surface area contributed by atoms with Crippen LogP contribution in [0.4, 0.5) is 0 Å². The number of aliphatic imine (C=N–C) groups is 1. The van der Waals surface area contributed by atoms with Gasteiger partial charge in [-0.15, -0.1) is 35.3 Å². The van der Waals surface area contributed by atoms with Crippen LogP contribution in [0.2, 0.25) is 0 Å². The smallest absolute Gasteiger partial charge is 0.193 e. The third-order valence-corrected chi connectivity index (χ3v) is 4.35. The Morgan fingerprint density at radius 3 is 2.90 bits per heavy atom. The van der Waals surface area contributed by atoms with Gasteiger partial charge in [-0.25, -0.2) is 4.98 Å². The molecule has 0 saturated carbocycles. The molecule has 21 heavy (non-hydrogen) atoms. The Morgan fingerprint density at radius 1 is 1.33 bits per heavy atom. The molecule has 0 aromatic carbocycles. The lowest BCUT2D eigenvalue weighted by molar-refractivity contribution is 0.800. The predicted octanol–water partition coefficient (Wildman–Crippen LogP) is 2.94. The maximum atomic E-state index is 4.53. The minimum absolute atomic E-state index is 0. The maximum absolute atomic E-state index is 4.53. The van der Waals surface area contributed by atoms with Gasteiger partial charge in [-0.3, -0.25) is 9.39 Å². The van der Waals surface area contributed by atoms with Gasteiger partial charge >= 0.3 is 0 Å². The van der Waals surface area contributed by atoms with E-state index in [0.717, 1.165) is 23.2 Å². The third kappa shape index (κ3) is 4.17. The van der Waals surface area contributed by atoms with Crippen molar-refractivity contribution >= 4 is 57.6 Å². The standard InChI is InChI=1S/C13H15N5S2.HI/c1-14-12(15-6-10-2-4-19-9-10)16-7-11-8-18-3-5-20-13(18)17-11;/h2-5,8-9H,6-7H2,1H3,(H2,14,15,16);1H. The number of imidazole rings is 1. The summed E-state index contributed by atoms with van der Waals surface area (Å²) in [7, 11) is 1.77. The topological polar surface area (TPSA) is 53.7 Å². The number of nitrogens with one attached hydrogen (secondary N) is 2. The molecule has 0 aliphatic heterocycles. The SMILES string of the molecule is CN=C(NCc1ccsc1)NCc1cn2ccsc2n1.I. The second-order valence-electron chi connectivity index (χ2n) is 4.24. The molecule has 0 atom stereocenters. The van der Waals surface area contributed by atoms with Crippen molar-refractivity contribution in [2.75, 3.05) is 7.05 Å². The van der Waals surface area contributed by atoms with E-state index >= 15 is 0 Å². The van der Waals surface area contributed by atoms with Crippen molar-refractivity contribution in [1.82, 2.24) is 20.0 Å². The summed E-state index contributed by atoms with van der Waals surface area (Å²) in [5, 5.41) is 12.8. The van der Waals surface area contributed by atoms with Gasteiger partial charge in [0.15, 0.2) is 10.9 Å². The fourth-order valence-corrected chi connectivity index (χ4v) is 3.22. The van der Waals surface area contributed by atoms with E-state index in [1.807, 2.05) is 22.2 Å². The van der Waals surface area contributed by atoms with Gasteiger partial charge in [0.05, 0.1) is 12.2 Å². The van der Waals surface area contributed by atoms with Crippen LogP contribution in [0.25, 0.3) is 4.96 Å². The highest BCUT2D eigenvalue weighted by Crippen LogP contribution is 2.11. The molecule has 5 nitrogen and oxygen atoms in total. The van der Waals surface area contributed by atoms with Crippen LogP contribution in [0.5, 0.6) is 0 Å². The first-order valence-electron chi connectivity index (χ1n) is 6.22. The first kappa shape index (κ1) is 16.2. The first-order chi connectivity index (χ1) is 9.85. The molecule has 0 aliphatic carbocycles. The molecule has 112 valence electrons. The quantitative estimate of drug-likeness (QED) is 0.378. The summed E-state index contributed by atoms with van der Waals surface area (Å²) in [6, 6.07) is 2.11. The summed E-state index contributed by atoms with van der Waals surface area (Å²) in [6.07, 6.45) is 4.05. The van der Waals surface area contributed by atoms with Crippen LogP contribution in [-0.2, 0) is 13.1 Å². The summed E-state index contributed by atoms with van der Waals surface area (Å²) in [5.74, 6) is 0.785. The number of hydrogen-bond acceptors (Lipinski definition) is 4. The summed E-state index contributed by atoms with van der Waals surface area (Å²) < 4.78 is 2.03. The zero-order valence-electron chi connectivity index (χ0n) is 11.4. The first-order valence-corrected chi connectivity index (χ1v) is 8.04. The van der Waals surface area contributed by atoms with Crippen LogP contribution in [-0.4, -0.2) is 22.4 Å². The molecule has 3 rings (SSSR count). The van der Waals surface area contributed by atoms with Crippen molar-refractivity contribution < 1.29 is 0 Å². The van der Waals surface area contributed by atoms with E-state index in [-0.39, 0.29) is 24.0 Å².